The fourth-order valence-electron chi connectivity index (χ4n) is 2.55. The van der Waals surface area contributed by atoms with Crippen LogP contribution < -0.4 is 5.32 Å². The first kappa shape index (κ1) is 15.3. The zero-order valence-corrected chi connectivity index (χ0v) is 14.2. The minimum atomic E-state index is 0.256. The Morgan fingerprint density at radius 3 is 2.45 bits per heavy atom. The van der Waals surface area contributed by atoms with Crippen molar-refractivity contribution in [3.05, 3.63) is 68.7 Å². The predicted molar refractivity (Wildman–Crippen MR) is 90.3 cm³/mol. The van der Waals surface area contributed by atoms with Gasteiger partial charge in [0.05, 0.1) is 6.04 Å². The number of halogens is 1. The van der Waals surface area contributed by atoms with Crippen molar-refractivity contribution in [2.45, 2.75) is 33.7 Å². The summed E-state index contributed by atoms with van der Waals surface area (Å²) < 4.78 is 1.16. The van der Waals surface area contributed by atoms with Crippen molar-refractivity contribution in [1.82, 2.24) is 5.32 Å². The molecule has 0 bridgehead atoms. The second-order valence-corrected chi connectivity index (χ2v) is 6.14. The molecule has 2 aromatic rings. The molecule has 0 aliphatic heterocycles. The Balaban J connectivity index is 2.50. The molecule has 2 aromatic carbocycles. The van der Waals surface area contributed by atoms with Gasteiger partial charge in [0.25, 0.3) is 0 Å². The molecule has 0 saturated heterocycles. The van der Waals surface area contributed by atoms with Crippen LogP contribution in [0.1, 0.15) is 40.8 Å². The molecule has 0 radical (unpaired) electrons. The van der Waals surface area contributed by atoms with Crippen LogP contribution in [0.25, 0.3) is 0 Å². The Hall–Kier alpha value is -1.12. The monoisotopic (exact) mass is 331 g/mol. The first-order chi connectivity index (χ1) is 9.54. The molecular weight excluding hydrogens is 310 g/mol. The van der Waals surface area contributed by atoms with Gasteiger partial charge in [-0.2, -0.15) is 0 Å². The van der Waals surface area contributed by atoms with E-state index < -0.39 is 0 Å². The van der Waals surface area contributed by atoms with Crippen molar-refractivity contribution >= 4 is 15.9 Å². The van der Waals surface area contributed by atoms with Gasteiger partial charge in [0.15, 0.2) is 0 Å². The molecule has 0 saturated carbocycles. The molecule has 1 nitrogen and oxygen atoms in total. The van der Waals surface area contributed by atoms with Crippen LogP contribution in [0, 0.1) is 20.8 Å². The van der Waals surface area contributed by atoms with E-state index >= 15 is 0 Å². The first-order valence-electron chi connectivity index (χ1n) is 7.10. The van der Waals surface area contributed by atoms with Crippen molar-refractivity contribution in [2.24, 2.45) is 0 Å². The summed E-state index contributed by atoms with van der Waals surface area (Å²) in [6.07, 6.45) is 0. The Kier molecular flexibility index (Phi) is 5.00. The first-order valence-corrected chi connectivity index (χ1v) is 7.89. The standard InChI is InChI=1S/C18H22BrN/c1-5-20-18(15-9-10-17(19)13(3)11-15)16-8-6-7-12(2)14(16)4/h6-11,18,20H,5H2,1-4H3. The molecule has 106 valence electrons. The van der Waals surface area contributed by atoms with Crippen molar-refractivity contribution in [1.29, 1.82) is 0 Å². The number of hydrogen-bond acceptors (Lipinski definition) is 1. The summed E-state index contributed by atoms with van der Waals surface area (Å²) in [6, 6.07) is 13.4. The predicted octanol–water partition coefficient (Wildman–Crippen LogP) is 5.07. The third kappa shape index (κ3) is 3.13. The van der Waals surface area contributed by atoms with Crippen LogP contribution in [-0.4, -0.2) is 6.54 Å². The van der Waals surface area contributed by atoms with Gasteiger partial charge in [0.1, 0.15) is 0 Å². The molecule has 0 heterocycles. The minimum absolute atomic E-state index is 0.256. The second-order valence-electron chi connectivity index (χ2n) is 5.29. The number of aryl methyl sites for hydroxylation is 2. The number of hydrogen-bond donors (Lipinski definition) is 1. The molecule has 0 aliphatic carbocycles. The van der Waals surface area contributed by atoms with E-state index in [0.29, 0.717) is 0 Å². The van der Waals surface area contributed by atoms with Crippen LogP contribution in [0.5, 0.6) is 0 Å². The Morgan fingerprint density at radius 1 is 1.05 bits per heavy atom. The lowest BCUT2D eigenvalue weighted by molar-refractivity contribution is 0.626. The summed E-state index contributed by atoms with van der Waals surface area (Å²) in [4.78, 5) is 0. The average Bonchev–Trinajstić information content (AvgIpc) is 2.43. The van der Waals surface area contributed by atoms with Crippen LogP contribution >= 0.6 is 15.9 Å². The number of benzene rings is 2. The molecule has 0 fully saturated rings. The maximum Gasteiger partial charge on any atom is 0.0579 e. The van der Waals surface area contributed by atoms with Gasteiger partial charge in [-0.3, -0.25) is 0 Å². The van der Waals surface area contributed by atoms with Crippen LogP contribution in [-0.2, 0) is 0 Å². The second kappa shape index (κ2) is 6.55. The highest BCUT2D eigenvalue weighted by Gasteiger charge is 2.16. The molecule has 0 aliphatic rings. The largest absolute Gasteiger partial charge is 0.307 e. The molecule has 1 unspecified atom stereocenters. The van der Waals surface area contributed by atoms with Gasteiger partial charge in [-0.05, 0) is 61.2 Å². The molecule has 1 atom stereocenters. The Morgan fingerprint density at radius 2 is 1.80 bits per heavy atom. The van der Waals surface area contributed by atoms with Gasteiger partial charge in [-0.15, -0.1) is 0 Å². The highest BCUT2D eigenvalue weighted by molar-refractivity contribution is 9.10. The minimum Gasteiger partial charge on any atom is -0.307 e. The van der Waals surface area contributed by atoms with Gasteiger partial charge in [0.2, 0.25) is 0 Å². The highest BCUT2D eigenvalue weighted by Crippen LogP contribution is 2.29. The van der Waals surface area contributed by atoms with Gasteiger partial charge < -0.3 is 5.32 Å². The molecule has 2 rings (SSSR count). The van der Waals surface area contributed by atoms with Gasteiger partial charge >= 0.3 is 0 Å². The van der Waals surface area contributed by atoms with E-state index in [-0.39, 0.29) is 6.04 Å². The van der Waals surface area contributed by atoms with Gasteiger partial charge in [-0.25, -0.2) is 0 Å². The molecule has 2 heteroatoms. The van der Waals surface area contributed by atoms with E-state index in [4.69, 9.17) is 0 Å². The summed E-state index contributed by atoms with van der Waals surface area (Å²) in [5.41, 5.74) is 6.68. The van der Waals surface area contributed by atoms with E-state index in [1.54, 1.807) is 0 Å². The van der Waals surface area contributed by atoms with E-state index in [1.807, 2.05) is 0 Å². The maximum absolute atomic E-state index is 3.61. The van der Waals surface area contributed by atoms with Crippen LogP contribution in [0.15, 0.2) is 40.9 Å². The molecule has 0 spiro atoms. The highest BCUT2D eigenvalue weighted by atomic mass is 79.9. The van der Waals surface area contributed by atoms with Crippen molar-refractivity contribution < 1.29 is 0 Å². The quantitative estimate of drug-likeness (QED) is 0.824. The Labute approximate surface area is 130 Å². The van der Waals surface area contributed by atoms with Gasteiger partial charge in [-0.1, -0.05) is 53.2 Å². The lowest BCUT2D eigenvalue weighted by Crippen LogP contribution is -2.23. The van der Waals surface area contributed by atoms with E-state index in [9.17, 15) is 0 Å². The molecule has 20 heavy (non-hydrogen) atoms. The van der Waals surface area contributed by atoms with Crippen molar-refractivity contribution in [3.8, 4) is 0 Å². The van der Waals surface area contributed by atoms with Crippen molar-refractivity contribution in [3.63, 3.8) is 0 Å². The van der Waals surface area contributed by atoms with Crippen LogP contribution in [0.4, 0.5) is 0 Å². The fraction of sp³-hybridized carbons (Fsp3) is 0.333. The number of nitrogens with one attached hydrogen (secondary N) is 1. The van der Waals surface area contributed by atoms with Crippen LogP contribution in [0.3, 0.4) is 0 Å². The molecule has 1 N–H and O–H groups in total. The fourth-order valence-corrected chi connectivity index (χ4v) is 2.79. The normalized spacial score (nSPS) is 12.4. The van der Waals surface area contributed by atoms with Crippen LogP contribution in [0.2, 0.25) is 0 Å². The van der Waals surface area contributed by atoms with Gasteiger partial charge in [0, 0.05) is 4.47 Å². The van der Waals surface area contributed by atoms with E-state index in [0.717, 1.165) is 11.0 Å². The summed E-state index contributed by atoms with van der Waals surface area (Å²) in [7, 11) is 0. The van der Waals surface area contributed by atoms with Crippen molar-refractivity contribution in [2.75, 3.05) is 6.54 Å². The summed E-state index contributed by atoms with van der Waals surface area (Å²) in [6.45, 7) is 9.63. The molecule has 0 aromatic heterocycles. The maximum atomic E-state index is 3.61. The zero-order valence-electron chi connectivity index (χ0n) is 12.6. The van der Waals surface area contributed by atoms with E-state index in [2.05, 4.69) is 85.3 Å². The third-order valence-corrected chi connectivity index (χ3v) is 4.77. The molecule has 0 amide bonds. The smallest absolute Gasteiger partial charge is 0.0579 e. The lowest BCUT2D eigenvalue weighted by Gasteiger charge is -2.22. The average molecular weight is 332 g/mol. The zero-order chi connectivity index (χ0) is 14.7. The summed E-state index contributed by atoms with van der Waals surface area (Å²) in [5, 5.41) is 3.61. The summed E-state index contributed by atoms with van der Waals surface area (Å²) >= 11 is 3.58. The van der Waals surface area contributed by atoms with E-state index in [1.165, 1.54) is 27.8 Å². The summed E-state index contributed by atoms with van der Waals surface area (Å²) in [5.74, 6) is 0. The number of rotatable bonds is 4. The lowest BCUT2D eigenvalue weighted by atomic mass is 9.92. The SMILES string of the molecule is CCNC(c1ccc(Br)c(C)c1)c1cccc(C)c1C. The third-order valence-electron chi connectivity index (χ3n) is 3.88. The Bertz CT molecular complexity index is 604. The molecular formula is C18H22BrN. The topological polar surface area (TPSA) is 12.0 Å².